The number of hydrogen-bond acceptors (Lipinski definition) is 5. The summed E-state index contributed by atoms with van der Waals surface area (Å²) in [6.07, 6.45) is 10.8. The van der Waals surface area contributed by atoms with Gasteiger partial charge in [0, 0.05) is 0 Å². The van der Waals surface area contributed by atoms with Gasteiger partial charge in [-0.05, 0) is 37.5 Å². The van der Waals surface area contributed by atoms with Crippen LogP contribution in [0.5, 0.6) is 0 Å². The van der Waals surface area contributed by atoms with E-state index in [1.165, 1.54) is 50.5 Å². The van der Waals surface area contributed by atoms with Gasteiger partial charge in [-0.1, -0.05) is 84.3 Å². The fraction of sp³-hybridized carbons (Fsp3) is 0.880. The van der Waals surface area contributed by atoms with E-state index in [0.29, 0.717) is 0 Å². The van der Waals surface area contributed by atoms with Gasteiger partial charge < -0.3 is 20.1 Å². The standard InChI is InChI=1S/C25H48O5/c1-19(2)9-6-10-20(3)11-7-12-21(4)13-8-14-22(5)15-16-25(29)30-18-24(28)23(27)17-26/h15,19-21,23-24,26-28H,6-14,16-18H2,1-5H3/b22-15+/t20?,21?,23-,24+/m1/s1. The van der Waals surface area contributed by atoms with Gasteiger partial charge in [0.2, 0.25) is 0 Å². The van der Waals surface area contributed by atoms with Crippen LogP contribution in [0.3, 0.4) is 0 Å². The molecule has 2 unspecified atom stereocenters. The van der Waals surface area contributed by atoms with Gasteiger partial charge in [0.1, 0.15) is 18.8 Å². The number of hydrogen-bond donors (Lipinski definition) is 3. The second-order valence-corrected chi connectivity index (χ2v) is 9.61. The predicted molar refractivity (Wildman–Crippen MR) is 123 cm³/mol. The molecule has 5 nitrogen and oxygen atoms in total. The summed E-state index contributed by atoms with van der Waals surface area (Å²) in [6, 6.07) is 0. The van der Waals surface area contributed by atoms with Crippen molar-refractivity contribution in [2.24, 2.45) is 17.8 Å². The van der Waals surface area contributed by atoms with Crippen molar-refractivity contribution in [1.29, 1.82) is 0 Å². The van der Waals surface area contributed by atoms with Crippen LogP contribution >= 0.6 is 0 Å². The Hall–Kier alpha value is -0.910. The SMILES string of the molecule is C/C(=C\CC(=O)OC[C@H](O)[C@H](O)CO)CCCC(C)CCCC(C)CCCC(C)C. The van der Waals surface area contributed by atoms with Crippen molar-refractivity contribution in [2.45, 2.75) is 111 Å². The Balaban J connectivity index is 3.83. The molecule has 0 aliphatic heterocycles. The molecule has 0 saturated heterocycles. The highest BCUT2D eigenvalue weighted by Gasteiger charge is 2.16. The fourth-order valence-electron chi connectivity index (χ4n) is 3.54. The van der Waals surface area contributed by atoms with E-state index in [2.05, 4.69) is 27.7 Å². The van der Waals surface area contributed by atoms with E-state index in [1.807, 2.05) is 13.0 Å². The number of aliphatic hydroxyl groups excluding tert-OH is 3. The third kappa shape index (κ3) is 16.8. The number of esters is 1. The minimum absolute atomic E-state index is 0.165. The molecule has 30 heavy (non-hydrogen) atoms. The number of allylic oxidation sites excluding steroid dienone is 1. The fourth-order valence-corrected chi connectivity index (χ4v) is 3.54. The van der Waals surface area contributed by atoms with Crippen LogP contribution in [-0.2, 0) is 9.53 Å². The third-order valence-corrected chi connectivity index (χ3v) is 5.80. The summed E-state index contributed by atoms with van der Waals surface area (Å²) in [5.41, 5.74) is 1.17. The van der Waals surface area contributed by atoms with Crippen LogP contribution in [0, 0.1) is 17.8 Å². The number of aliphatic hydroxyl groups is 3. The van der Waals surface area contributed by atoms with Gasteiger partial charge in [-0.3, -0.25) is 4.79 Å². The Labute approximate surface area is 184 Å². The van der Waals surface area contributed by atoms with E-state index in [0.717, 1.165) is 30.6 Å². The summed E-state index contributed by atoms with van der Waals surface area (Å²) in [5, 5.41) is 27.4. The minimum Gasteiger partial charge on any atom is -0.463 e. The van der Waals surface area contributed by atoms with Gasteiger partial charge in [-0.15, -0.1) is 0 Å². The average Bonchev–Trinajstić information content (AvgIpc) is 2.69. The van der Waals surface area contributed by atoms with Crippen LogP contribution in [0.2, 0.25) is 0 Å². The third-order valence-electron chi connectivity index (χ3n) is 5.80. The summed E-state index contributed by atoms with van der Waals surface area (Å²) in [5.74, 6) is 1.97. The quantitative estimate of drug-likeness (QED) is 0.211. The van der Waals surface area contributed by atoms with Crippen molar-refractivity contribution >= 4 is 5.97 Å². The highest BCUT2D eigenvalue weighted by molar-refractivity contribution is 5.71. The first-order valence-electron chi connectivity index (χ1n) is 11.9. The van der Waals surface area contributed by atoms with Crippen LogP contribution in [-0.4, -0.2) is 46.7 Å². The molecule has 0 rings (SSSR count). The molecule has 0 aromatic heterocycles. The molecule has 0 aliphatic carbocycles. The maximum absolute atomic E-state index is 11.7. The van der Waals surface area contributed by atoms with Crippen molar-refractivity contribution in [3.63, 3.8) is 0 Å². The first-order chi connectivity index (χ1) is 14.1. The Morgan fingerprint density at radius 2 is 1.40 bits per heavy atom. The number of carbonyl (C=O) groups excluding carboxylic acids is 1. The van der Waals surface area contributed by atoms with Gasteiger partial charge in [0.25, 0.3) is 0 Å². The second kappa shape index (κ2) is 17.7. The Bertz CT molecular complexity index is 460. The van der Waals surface area contributed by atoms with Gasteiger partial charge in [-0.25, -0.2) is 0 Å². The van der Waals surface area contributed by atoms with Crippen molar-refractivity contribution in [1.82, 2.24) is 0 Å². The topological polar surface area (TPSA) is 87.0 Å². The molecule has 0 aromatic rings. The molecule has 0 radical (unpaired) electrons. The maximum Gasteiger partial charge on any atom is 0.309 e. The molecule has 0 spiro atoms. The molecule has 4 atom stereocenters. The van der Waals surface area contributed by atoms with E-state index in [9.17, 15) is 15.0 Å². The van der Waals surface area contributed by atoms with E-state index in [-0.39, 0.29) is 13.0 Å². The first kappa shape index (κ1) is 29.1. The highest BCUT2D eigenvalue weighted by atomic mass is 16.5. The lowest BCUT2D eigenvalue weighted by molar-refractivity contribution is -0.148. The lowest BCUT2D eigenvalue weighted by Gasteiger charge is -2.15. The van der Waals surface area contributed by atoms with Crippen molar-refractivity contribution in [2.75, 3.05) is 13.2 Å². The molecule has 0 saturated carbocycles. The molecule has 0 aromatic carbocycles. The molecule has 0 amide bonds. The lowest BCUT2D eigenvalue weighted by atomic mass is 9.91. The zero-order valence-corrected chi connectivity index (χ0v) is 20.1. The van der Waals surface area contributed by atoms with Gasteiger partial charge in [0.05, 0.1) is 13.0 Å². The van der Waals surface area contributed by atoms with Crippen LogP contribution in [0.15, 0.2) is 11.6 Å². The maximum atomic E-state index is 11.7. The highest BCUT2D eigenvalue weighted by Crippen LogP contribution is 2.22. The monoisotopic (exact) mass is 428 g/mol. The normalized spacial score (nSPS) is 16.4. The molecule has 0 aliphatic rings. The van der Waals surface area contributed by atoms with E-state index < -0.39 is 24.8 Å². The summed E-state index contributed by atoms with van der Waals surface area (Å²) < 4.78 is 4.91. The molecule has 0 heterocycles. The second-order valence-electron chi connectivity index (χ2n) is 9.61. The predicted octanol–water partition coefficient (Wildman–Crippen LogP) is 5.02. The minimum atomic E-state index is -1.29. The summed E-state index contributed by atoms with van der Waals surface area (Å²) in [4.78, 5) is 11.7. The molecule has 178 valence electrons. The van der Waals surface area contributed by atoms with E-state index in [4.69, 9.17) is 9.84 Å². The van der Waals surface area contributed by atoms with Crippen LogP contribution in [0.4, 0.5) is 0 Å². The summed E-state index contributed by atoms with van der Waals surface area (Å²) >= 11 is 0. The summed E-state index contributed by atoms with van der Waals surface area (Å²) in [6.45, 7) is 10.5. The van der Waals surface area contributed by atoms with Crippen molar-refractivity contribution in [3.05, 3.63) is 11.6 Å². The van der Waals surface area contributed by atoms with Gasteiger partial charge in [-0.2, -0.15) is 0 Å². The molecule has 3 N–H and O–H groups in total. The Kier molecular flexibility index (Phi) is 17.2. The molecule has 5 heteroatoms. The van der Waals surface area contributed by atoms with Crippen LogP contribution < -0.4 is 0 Å². The molecular weight excluding hydrogens is 380 g/mol. The number of ether oxygens (including phenoxy) is 1. The van der Waals surface area contributed by atoms with Crippen LogP contribution in [0.1, 0.15) is 98.8 Å². The molecular formula is C25H48O5. The lowest BCUT2D eigenvalue weighted by Crippen LogP contribution is -2.34. The zero-order chi connectivity index (χ0) is 22.9. The number of rotatable bonds is 18. The van der Waals surface area contributed by atoms with Gasteiger partial charge in [0.15, 0.2) is 0 Å². The molecule has 0 bridgehead atoms. The largest absolute Gasteiger partial charge is 0.463 e. The summed E-state index contributed by atoms with van der Waals surface area (Å²) in [7, 11) is 0. The Morgan fingerprint density at radius 1 is 0.867 bits per heavy atom. The average molecular weight is 429 g/mol. The number of carbonyl (C=O) groups is 1. The zero-order valence-electron chi connectivity index (χ0n) is 20.1. The van der Waals surface area contributed by atoms with Crippen molar-refractivity contribution in [3.8, 4) is 0 Å². The van der Waals surface area contributed by atoms with Gasteiger partial charge >= 0.3 is 5.97 Å². The van der Waals surface area contributed by atoms with Crippen LogP contribution in [0.25, 0.3) is 0 Å². The first-order valence-corrected chi connectivity index (χ1v) is 11.9. The van der Waals surface area contributed by atoms with E-state index in [1.54, 1.807) is 0 Å². The molecule has 0 fully saturated rings. The van der Waals surface area contributed by atoms with Crippen molar-refractivity contribution < 1.29 is 24.9 Å². The smallest absolute Gasteiger partial charge is 0.309 e. The Morgan fingerprint density at radius 3 is 1.93 bits per heavy atom. The van der Waals surface area contributed by atoms with E-state index >= 15 is 0 Å².